The maximum Gasteiger partial charge on any atom is 0.124 e. The molecular weight excluding hydrogens is 283 g/mol. The minimum absolute atomic E-state index is 0.237. The number of rotatable bonds is 2. The van der Waals surface area contributed by atoms with Crippen molar-refractivity contribution in [3.63, 3.8) is 0 Å². The van der Waals surface area contributed by atoms with Crippen LogP contribution in [-0.4, -0.2) is 5.11 Å². The molecule has 96 valence electrons. The number of hydrogen-bond donors (Lipinski definition) is 1. The highest BCUT2D eigenvalue weighted by atomic mass is 35.5. The van der Waals surface area contributed by atoms with Gasteiger partial charge in [0.1, 0.15) is 11.9 Å². The molecule has 0 aliphatic carbocycles. The summed E-state index contributed by atoms with van der Waals surface area (Å²) in [6.07, 6.45) is -0.851. The first-order valence-corrected chi connectivity index (χ1v) is 7.02. The lowest BCUT2D eigenvalue weighted by Crippen LogP contribution is -2.01. The van der Waals surface area contributed by atoms with Crippen LogP contribution in [0.3, 0.4) is 0 Å². The highest BCUT2D eigenvalue weighted by Crippen LogP contribution is 2.35. The third-order valence-corrected chi connectivity index (χ3v) is 4.37. The van der Waals surface area contributed by atoms with E-state index in [-0.39, 0.29) is 5.02 Å². The molecule has 0 fully saturated rings. The maximum absolute atomic E-state index is 13.1. The van der Waals surface area contributed by atoms with E-state index in [1.54, 1.807) is 11.3 Å². The molecule has 4 heteroatoms. The zero-order valence-electron chi connectivity index (χ0n) is 9.81. The number of halogens is 2. The predicted octanol–water partition coefficient (Wildman–Crippen LogP) is 4.78. The first kappa shape index (κ1) is 12.6. The third-order valence-electron chi connectivity index (χ3n) is 3.06. The summed E-state index contributed by atoms with van der Waals surface area (Å²) in [6.45, 7) is 0. The Morgan fingerprint density at radius 3 is 2.74 bits per heavy atom. The molecule has 0 aliphatic rings. The average Bonchev–Trinajstić information content (AvgIpc) is 2.86. The van der Waals surface area contributed by atoms with Crippen LogP contribution in [0.25, 0.3) is 10.1 Å². The van der Waals surface area contributed by atoms with Gasteiger partial charge in [0, 0.05) is 20.8 Å². The van der Waals surface area contributed by atoms with Crippen molar-refractivity contribution in [2.75, 3.05) is 0 Å². The Balaban J connectivity index is 2.13. The number of benzene rings is 2. The van der Waals surface area contributed by atoms with Crippen molar-refractivity contribution >= 4 is 33.0 Å². The molecule has 1 nitrogen and oxygen atoms in total. The van der Waals surface area contributed by atoms with Crippen LogP contribution in [0.2, 0.25) is 5.02 Å². The second-order valence-electron chi connectivity index (χ2n) is 4.25. The number of thiophene rings is 1. The second kappa shape index (κ2) is 4.93. The Hall–Kier alpha value is -1.42. The third kappa shape index (κ3) is 2.25. The van der Waals surface area contributed by atoms with Crippen LogP contribution in [0.15, 0.2) is 47.8 Å². The summed E-state index contributed by atoms with van der Waals surface area (Å²) in [5, 5.41) is 13.8. The zero-order valence-corrected chi connectivity index (χ0v) is 11.4. The Morgan fingerprint density at radius 2 is 1.95 bits per heavy atom. The van der Waals surface area contributed by atoms with Gasteiger partial charge in [-0.15, -0.1) is 11.3 Å². The molecule has 0 saturated carbocycles. The van der Waals surface area contributed by atoms with E-state index in [0.29, 0.717) is 5.56 Å². The van der Waals surface area contributed by atoms with Gasteiger partial charge in [-0.1, -0.05) is 35.9 Å². The smallest absolute Gasteiger partial charge is 0.124 e. The standard InChI is InChI=1S/C15H10ClFOS/c16-13-8-10(17)4-5-11(13)14(18)12-3-1-2-9-6-7-19-15(9)12/h1-8,14,18H. The number of aliphatic hydroxyl groups is 1. The fourth-order valence-electron chi connectivity index (χ4n) is 2.12. The first-order valence-electron chi connectivity index (χ1n) is 5.76. The SMILES string of the molecule is OC(c1ccc(F)cc1Cl)c1cccc2ccsc12. The van der Waals surface area contributed by atoms with Crippen LogP contribution in [0.5, 0.6) is 0 Å². The molecule has 1 aromatic heterocycles. The molecule has 0 amide bonds. The molecular formula is C15H10ClFOS. The lowest BCUT2D eigenvalue weighted by molar-refractivity contribution is 0.222. The average molecular weight is 293 g/mol. The van der Waals surface area contributed by atoms with Gasteiger partial charge in [-0.2, -0.15) is 0 Å². The number of fused-ring (bicyclic) bond motifs is 1. The molecule has 0 radical (unpaired) electrons. The van der Waals surface area contributed by atoms with Gasteiger partial charge in [0.15, 0.2) is 0 Å². The summed E-state index contributed by atoms with van der Waals surface area (Å²) in [6, 6.07) is 11.8. The van der Waals surface area contributed by atoms with E-state index in [1.165, 1.54) is 18.2 Å². The van der Waals surface area contributed by atoms with Crippen molar-refractivity contribution in [3.8, 4) is 0 Å². The van der Waals surface area contributed by atoms with Gasteiger partial charge in [0.2, 0.25) is 0 Å². The van der Waals surface area contributed by atoms with Crippen LogP contribution in [0.4, 0.5) is 4.39 Å². The first-order chi connectivity index (χ1) is 9.16. The quantitative estimate of drug-likeness (QED) is 0.721. The second-order valence-corrected chi connectivity index (χ2v) is 5.58. The van der Waals surface area contributed by atoms with Crippen LogP contribution in [-0.2, 0) is 0 Å². The van der Waals surface area contributed by atoms with Crippen LogP contribution in [0.1, 0.15) is 17.2 Å². The molecule has 0 spiro atoms. The molecule has 1 N–H and O–H groups in total. The van der Waals surface area contributed by atoms with Crippen LogP contribution >= 0.6 is 22.9 Å². The van der Waals surface area contributed by atoms with Crippen molar-refractivity contribution < 1.29 is 9.50 Å². The fourth-order valence-corrected chi connectivity index (χ4v) is 3.33. The van der Waals surface area contributed by atoms with E-state index in [1.807, 2.05) is 29.6 Å². The van der Waals surface area contributed by atoms with E-state index in [9.17, 15) is 9.50 Å². The summed E-state index contributed by atoms with van der Waals surface area (Å²) in [5.41, 5.74) is 1.31. The van der Waals surface area contributed by atoms with Gasteiger partial charge in [-0.3, -0.25) is 0 Å². The van der Waals surface area contributed by atoms with Crippen LogP contribution in [0, 0.1) is 5.82 Å². The van der Waals surface area contributed by atoms with Crippen LogP contribution < -0.4 is 0 Å². The monoisotopic (exact) mass is 292 g/mol. The van der Waals surface area contributed by atoms with Gasteiger partial charge >= 0.3 is 0 Å². The Labute approximate surface area is 118 Å². The van der Waals surface area contributed by atoms with Gasteiger partial charge in [0.05, 0.1) is 0 Å². The summed E-state index contributed by atoms with van der Waals surface area (Å²) in [4.78, 5) is 0. The minimum Gasteiger partial charge on any atom is -0.384 e. The van der Waals surface area contributed by atoms with Gasteiger partial charge < -0.3 is 5.11 Å². The largest absolute Gasteiger partial charge is 0.384 e. The summed E-state index contributed by atoms with van der Waals surface area (Å²) in [7, 11) is 0. The van der Waals surface area contributed by atoms with Gasteiger partial charge in [-0.05, 0) is 29.0 Å². The molecule has 3 rings (SSSR count). The summed E-state index contributed by atoms with van der Waals surface area (Å²) in [5.74, 6) is -0.407. The van der Waals surface area contributed by atoms with Gasteiger partial charge in [-0.25, -0.2) is 4.39 Å². The highest BCUT2D eigenvalue weighted by molar-refractivity contribution is 7.17. The van der Waals surface area contributed by atoms with E-state index >= 15 is 0 Å². The molecule has 1 unspecified atom stereocenters. The molecule has 0 bridgehead atoms. The van der Waals surface area contributed by atoms with Crippen molar-refractivity contribution in [1.82, 2.24) is 0 Å². The molecule has 3 aromatic rings. The minimum atomic E-state index is -0.851. The molecule has 19 heavy (non-hydrogen) atoms. The molecule has 1 atom stereocenters. The van der Waals surface area contributed by atoms with Crippen molar-refractivity contribution in [2.24, 2.45) is 0 Å². The Bertz CT molecular complexity index is 738. The Morgan fingerprint density at radius 1 is 1.11 bits per heavy atom. The summed E-state index contributed by atoms with van der Waals surface area (Å²) < 4.78 is 14.1. The van der Waals surface area contributed by atoms with E-state index < -0.39 is 11.9 Å². The highest BCUT2D eigenvalue weighted by Gasteiger charge is 2.17. The van der Waals surface area contributed by atoms with E-state index in [4.69, 9.17) is 11.6 Å². The molecule has 0 saturated heterocycles. The zero-order chi connectivity index (χ0) is 13.4. The molecule has 2 aromatic carbocycles. The van der Waals surface area contributed by atoms with E-state index in [0.717, 1.165) is 15.6 Å². The topological polar surface area (TPSA) is 20.2 Å². The lowest BCUT2D eigenvalue weighted by atomic mass is 10.0. The van der Waals surface area contributed by atoms with Crippen molar-refractivity contribution in [3.05, 3.63) is 69.8 Å². The van der Waals surface area contributed by atoms with Crippen molar-refractivity contribution in [1.29, 1.82) is 0 Å². The van der Waals surface area contributed by atoms with E-state index in [2.05, 4.69) is 0 Å². The fraction of sp³-hybridized carbons (Fsp3) is 0.0667. The van der Waals surface area contributed by atoms with Gasteiger partial charge in [0.25, 0.3) is 0 Å². The molecule has 0 aliphatic heterocycles. The molecule has 1 heterocycles. The predicted molar refractivity (Wildman–Crippen MR) is 77.3 cm³/mol. The summed E-state index contributed by atoms with van der Waals surface area (Å²) >= 11 is 7.57. The van der Waals surface area contributed by atoms with Crippen molar-refractivity contribution in [2.45, 2.75) is 6.10 Å². The number of hydrogen-bond acceptors (Lipinski definition) is 2. The number of aliphatic hydroxyl groups excluding tert-OH is 1. The lowest BCUT2D eigenvalue weighted by Gasteiger charge is -2.14. The normalized spacial score (nSPS) is 12.8. The maximum atomic E-state index is 13.1. The Kier molecular flexibility index (Phi) is 3.27.